The minimum absolute atomic E-state index is 0.136. The third-order valence-corrected chi connectivity index (χ3v) is 3.24. The molecule has 0 bridgehead atoms. The van der Waals surface area contributed by atoms with Gasteiger partial charge in [-0.2, -0.15) is 0 Å². The summed E-state index contributed by atoms with van der Waals surface area (Å²) in [4.78, 5) is 0. The summed E-state index contributed by atoms with van der Waals surface area (Å²) in [6.45, 7) is 6.32. The molecule has 1 atom stereocenters. The molecule has 17 heavy (non-hydrogen) atoms. The van der Waals surface area contributed by atoms with Gasteiger partial charge in [0, 0.05) is 13.2 Å². The molecule has 0 aliphatic heterocycles. The van der Waals surface area contributed by atoms with Crippen molar-refractivity contribution in [2.24, 2.45) is 5.73 Å². The highest BCUT2D eigenvalue weighted by Gasteiger charge is 2.20. The minimum atomic E-state index is -0.136. The maximum absolute atomic E-state index is 6.16. The van der Waals surface area contributed by atoms with E-state index in [9.17, 15) is 0 Å². The maximum Gasteiger partial charge on any atom is 0.0637 e. The molecule has 0 saturated heterocycles. The Morgan fingerprint density at radius 1 is 1.18 bits per heavy atom. The topological polar surface area (TPSA) is 35.2 Å². The summed E-state index contributed by atoms with van der Waals surface area (Å²) < 4.78 is 5.40. The van der Waals surface area contributed by atoms with Crippen molar-refractivity contribution in [3.8, 4) is 0 Å². The molecule has 2 heteroatoms. The molecule has 0 aliphatic carbocycles. The van der Waals surface area contributed by atoms with E-state index in [0.29, 0.717) is 0 Å². The van der Waals surface area contributed by atoms with Gasteiger partial charge in [0.05, 0.1) is 5.60 Å². The lowest BCUT2D eigenvalue weighted by atomic mass is 9.94. The van der Waals surface area contributed by atoms with Crippen LogP contribution >= 0.6 is 0 Å². The van der Waals surface area contributed by atoms with Gasteiger partial charge < -0.3 is 10.5 Å². The Balaban J connectivity index is 2.52. The summed E-state index contributed by atoms with van der Waals surface area (Å²) >= 11 is 0. The van der Waals surface area contributed by atoms with Gasteiger partial charge in [0.15, 0.2) is 0 Å². The average Bonchev–Trinajstić information content (AvgIpc) is 2.29. The fourth-order valence-electron chi connectivity index (χ4n) is 2.00. The van der Waals surface area contributed by atoms with E-state index < -0.39 is 0 Å². The number of methoxy groups -OCH3 is 1. The molecule has 0 radical (unpaired) electrons. The second-order valence-electron chi connectivity index (χ2n) is 5.30. The molecule has 0 fully saturated rings. The van der Waals surface area contributed by atoms with Crippen molar-refractivity contribution in [1.29, 1.82) is 0 Å². The summed E-state index contributed by atoms with van der Waals surface area (Å²) in [5.41, 5.74) is 8.70. The maximum atomic E-state index is 6.16. The van der Waals surface area contributed by atoms with Gasteiger partial charge in [-0.1, -0.05) is 31.2 Å². The van der Waals surface area contributed by atoms with E-state index in [4.69, 9.17) is 10.5 Å². The van der Waals surface area contributed by atoms with E-state index in [0.717, 1.165) is 19.3 Å². The van der Waals surface area contributed by atoms with Gasteiger partial charge in [-0.15, -0.1) is 0 Å². The van der Waals surface area contributed by atoms with Crippen molar-refractivity contribution >= 4 is 0 Å². The summed E-state index contributed by atoms with van der Waals surface area (Å²) in [6.07, 6.45) is 2.87. The number of hydrogen-bond donors (Lipinski definition) is 1. The van der Waals surface area contributed by atoms with Crippen LogP contribution in [-0.2, 0) is 17.6 Å². The van der Waals surface area contributed by atoms with E-state index in [-0.39, 0.29) is 11.6 Å². The zero-order chi connectivity index (χ0) is 12.9. The zero-order valence-electron chi connectivity index (χ0n) is 11.5. The van der Waals surface area contributed by atoms with E-state index >= 15 is 0 Å². The van der Waals surface area contributed by atoms with Crippen LogP contribution in [0.2, 0.25) is 0 Å². The van der Waals surface area contributed by atoms with Crippen LogP contribution in [0.3, 0.4) is 0 Å². The largest absolute Gasteiger partial charge is 0.379 e. The average molecular weight is 235 g/mol. The first-order chi connectivity index (χ1) is 7.96. The van der Waals surface area contributed by atoms with Crippen molar-refractivity contribution in [2.45, 2.75) is 51.7 Å². The van der Waals surface area contributed by atoms with Crippen molar-refractivity contribution < 1.29 is 4.74 Å². The van der Waals surface area contributed by atoms with Gasteiger partial charge in [0.1, 0.15) is 0 Å². The molecule has 1 rings (SSSR count). The molecule has 0 aromatic heterocycles. The van der Waals surface area contributed by atoms with E-state index in [1.54, 1.807) is 7.11 Å². The van der Waals surface area contributed by atoms with Gasteiger partial charge >= 0.3 is 0 Å². The van der Waals surface area contributed by atoms with Crippen molar-refractivity contribution in [1.82, 2.24) is 0 Å². The SMILES string of the molecule is CCc1ccc(CC(N)CC(C)(C)OC)cc1. The molecule has 2 N–H and O–H groups in total. The highest BCUT2D eigenvalue weighted by molar-refractivity contribution is 5.23. The number of hydrogen-bond acceptors (Lipinski definition) is 2. The zero-order valence-corrected chi connectivity index (χ0v) is 11.5. The van der Waals surface area contributed by atoms with Gasteiger partial charge in [-0.05, 0) is 44.2 Å². The van der Waals surface area contributed by atoms with Crippen LogP contribution in [0.15, 0.2) is 24.3 Å². The Morgan fingerprint density at radius 2 is 1.71 bits per heavy atom. The van der Waals surface area contributed by atoms with Gasteiger partial charge in [-0.3, -0.25) is 0 Å². The predicted octanol–water partition coefficient (Wildman–Crippen LogP) is 2.93. The lowest BCUT2D eigenvalue weighted by Gasteiger charge is -2.26. The lowest BCUT2D eigenvalue weighted by molar-refractivity contribution is 0.0102. The Morgan fingerprint density at radius 3 is 2.18 bits per heavy atom. The molecule has 0 saturated carbocycles. The smallest absolute Gasteiger partial charge is 0.0637 e. The fourth-order valence-corrected chi connectivity index (χ4v) is 2.00. The van der Waals surface area contributed by atoms with Crippen molar-refractivity contribution in [3.05, 3.63) is 35.4 Å². The minimum Gasteiger partial charge on any atom is -0.379 e. The molecule has 2 nitrogen and oxygen atoms in total. The first-order valence-corrected chi connectivity index (χ1v) is 6.35. The molecule has 0 aliphatic rings. The Hall–Kier alpha value is -0.860. The standard InChI is InChI=1S/C15H25NO/c1-5-12-6-8-13(9-7-12)10-14(16)11-15(2,3)17-4/h6-9,14H,5,10-11,16H2,1-4H3. The number of rotatable bonds is 6. The van der Waals surface area contributed by atoms with Crippen LogP contribution in [0.25, 0.3) is 0 Å². The monoisotopic (exact) mass is 235 g/mol. The summed E-state index contributed by atoms with van der Waals surface area (Å²) in [5, 5.41) is 0. The van der Waals surface area contributed by atoms with Crippen LogP contribution < -0.4 is 5.73 Å². The van der Waals surface area contributed by atoms with E-state index in [1.165, 1.54) is 11.1 Å². The molecule has 0 spiro atoms. The molecular weight excluding hydrogens is 210 g/mol. The van der Waals surface area contributed by atoms with Crippen molar-refractivity contribution in [2.75, 3.05) is 7.11 Å². The third kappa shape index (κ3) is 4.88. The van der Waals surface area contributed by atoms with Gasteiger partial charge in [0.25, 0.3) is 0 Å². The highest BCUT2D eigenvalue weighted by atomic mass is 16.5. The molecule has 0 amide bonds. The van der Waals surface area contributed by atoms with Crippen LogP contribution in [-0.4, -0.2) is 18.8 Å². The number of benzene rings is 1. The molecule has 0 heterocycles. The van der Waals surface area contributed by atoms with Gasteiger partial charge in [-0.25, -0.2) is 0 Å². The van der Waals surface area contributed by atoms with Crippen LogP contribution in [0.4, 0.5) is 0 Å². The highest BCUT2D eigenvalue weighted by Crippen LogP contribution is 2.17. The molecule has 1 unspecified atom stereocenters. The second-order valence-corrected chi connectivity index (χ2v) is 5.30. The number of ether oxygens (including phenoxy) is 1. The quantitative estimate of drug-likeness (QED) is 0.823. The Kier molecular flexibility index (Phi) is 5.16. The fraction of sp³-hybridized carbons (Fsp3) is 0.600. The molecule has 1 aromatic rings. The van der Waals surface area contributed by atoms with Crippen LogP contribution in [0, 0.1) is 0 Å². The second kappa shape index (κ2) is 6.18. The molecule has 96 valence electrons. The molecule has 1 aromatic carbocycles. The van der Waals surface area contributed by atoms with E-state index in [2.05, 4.69) is 45.0 Å². The van der Waals surface area contributed by atoms with Crippen molar-refractivity contribution in [3.63, 3.8) is 0 Å². The summed E-state index contributed by atoms with van der Waals surface area (Å²) in [7, 11) is 1.74. The first kappa shape index (κ1) is 14.2. The number of nitrogens with two attached hydrogens (primary N) is 1. The first-order valence-electron chi connectivity index (χ1n) is 6.35. The predicted molar refractivity (Wildman–Crippen MR) is 73.2 cm³/mol. The third-order valence-electron chi connectivity index (χ3n) is 3.24. The number of aryl methyl sites for hydroxylation is 1. The normalized spacial score (nSPS) is 13.7. The van der Waals surface area contributed by atoms with E-state index in [1.807, 2.05) is 0 Å². The molecular formula is C15H25NO. The lowest BCUT2D eigenvalue weighted by Crippen LogP contribution is -2.35. The Labute approximate surface area is 105 Å². The summed E-state index contributed by atoms with van der Waals surface area (Å²) in [6, 6.07) is 8.88. The van der Waals surface area contributed by atoms with Crippen LogP contribution in [0.5, 0.6) is 0 Å². The summed E-state index contributed by atoms with van der Waals surface area (Å²) in [5.74, 6) is 0. The Bertz CT molecular complexity index is 329. The van der Waals surface area contributed by atoms with Gasteiger partial charge in [0.2, 0.25) is 0 Å². The van der Waals surface area contributed by atoms with Crippen LogP contribution in [0.1, 0.15) is 38.3 Å².